The molecular formula is C65H77F2N8O12PS2. The van der Waals surface area contributed by atoms with Crippen LogP contribution in [0.5, 0.6) is 5.75 Å². The highest BCUT2D eigenvalue weighted by molar-refractivity contribution is 7.52. The number of aromatic nitrogens is 1. The Morgan fingerprint density at radius 2 is 1.49 bits per heavy atom. The normalized spacial score (nSPS) is 19.1. The third-order valence-electron chi connectivity index (χ3n) is 16.8. The van der Waals surface area contributed by atoms with E-state index in [2.05, 4.69) is 26.3 Å². The number of likely N-dealkylation sites (tertiary alicyclic amines) is 2. The first-order valence-corrected chi connectivity index (χ1v) is 33.2. The molecule has 0 spiro atoms. The van der Waals surface area contributed by atoms with Gasteiger partial charge in [0.05, 0.1) is 33.1 Å². The van der Waals surface area contributed by atoms with E-state index >= 15 is 4.79 Å². The molecule has 20 nitrogen and oxygen atoms in total. The minimum atomic E-state index is -5.88. The molecule has 5 heterocycles. The quantitative estimate of drug-likeness (QED) is 0.0376. The number of piperidine rings is 1. The molecule has 3 aliphatic heterocycles. The highest BCUT2D eigenvalue weighted by Gasteiger charge is 2.51. The first-order chi connectivity index (χ1) is 42.4. The van der Waals surface area contributed by atoms with Crippen LogP contribution in [0.4, 0.5) is 8.78 Å². The number of β-amino-alcohol motifs (C(OH)–C–C–N with tert-alkyl or cyclic N) is 1. The molecule has 2 aromatic heterocycles. The molecule has 7 amide bonds. The molecule has 3 unspecified atom stereocenters. The van der Waals surface area contributed by atoms with Gasteiger partial charge in [0, 0.05) is 68.2 Å². The summed E-state index contributed by atoms with van der Waals surface area (Å²) in [5.74, 6) is -3.30. The van der Waals surface area contributed by atoms with Crippen LogP contribution in [-0.4, -0.2) is 139 Å². The largest absolute Gasteiger partial charge is 0.484 e. The standard InChI is InChI=1S/C65H77F2N8O12PS2/c1-37(39-16-18-41(19-17-39)55-38(2)69-36-89-55)70-58(79)49-31-47(76)34-75(49)61(82)56(63(3,4)5)71-53(77)24-25-68-54(78)35-87-48-22-20-42-29-50(60(81)73-26-12-15-43(32-73)40-13-10-9-11-14-40)74(33-45(42)28-48)62(83)57(64(6,7)8)72-59(80)52-30-44-27-46(21-23-51(44)90-52)65(66,67)88(84,85)86/h9-11,13-14,16-23,27-28,30,36-37,43,47,49-50,56-57,76H,12,15,24-26,29,31-35H2,1-8H3,(H,68,78)(H,70,79)(H,71,77)(H,72,80)(H2,84,85,86)/t37?,43-,47+,49-,50-,56?,57?/m0/s1. The van der Waals surface area contributed by atoms with Gasteiger partial charge in [-0.25, -0.2) is 4.98 Å². The van der Waals surface area contributed by atoms with Crippen LogP contribution < -0.4 is 26.0 Å². The van der Waals surface area contributed by atoms with Crippen LogP contribution in [0.2, 0.25) is 0 Å². The number of carbonyl (C=O) groups is 7. The predicted octanol–water partition coefficient (Wildman–Crippen LogP) is 8.32. The average molecular weight is 1300 g/mol. The second kappa shape index (κ2) is 27.2. The third-order valence-corrected chi connectivity index (χ3v) is 19.9. The van der Waals surface area contributed by atoms with E-state index in [4.69, 9.17) is 4.74 Å². The van der Waals surface area contributed by atoms with Gasteiger partial charge in [0.1, 0.15) is 29.9 Å². The number of hydrogen-bond donors (Lipinski definition) is 7. The van der Waals surface area contributed by atoms with Gasteiger partial charge in [0.2, 0.25) is 29.5 Å². The summed E-state index contributed by atoms with van der Waals surface area (Å²) in [4.78, 5) is 128. The van der Waals surface area contributed by atoms with Gasteiger partial charge in [-0.15, -0.1) is 22.7 Å². The first-order valence-electron chi connectivity index (χ1n) is 29.9. The van der Waals surface area contributed by atoms with E-state index in [1.807, 2.05) is 68.4 Å². The van der Waals surface area contributed by atoms with Crippen LogP contribution in [0.25, 0.3) is 20.5 Å². The number of hydrogen-bond acceptors (Lipinski definition) is 13. The third kappa shape index (κ3) is 15.3. The molecule has 0 bridgehead atoms. The summed E-state index contributed by atoms with van der Waals surface area (Å²) in [5, 5.41) is 22.2. The number of alkyl halides is 2. The van der Waals surface area contributed by atoms with Gasteiger partial charge in [0.15, 0.2) is 6.61 Å². The van der Waals surface area contributed by atoms with Crippen LogP contribution >= 0.6 is 30.3 Å². The predicted molar refractivity (Wildman–Crippen MR) is 337 cm³/mol. The molecule has 90 heavy (non-hydrogen) atoms. The van der Waals surface area contributed by atoms with Crippen LogP contribution in [0.3, 0.4) is 0 Å². The fourth-order valence-corrected chi connectivity index (χ4v) is 14.0. The zero-order chi connectivity index (χ0) is 65.2. The molecule has 0 aliphatic carbocycles. The molecule has 6 aromatic rings. The molecule has 2 saturated heterocycles. The number of nitrogens with one attached hydrogen (secondary N) is 4. The SMILES string of the molecule is Cc1ncsc1-c1ccc(C(C)NC(=O)[C@@H]2C[C@@H](O)CN2C(=O)C(NC(=O)CCNC(=O)COc2ccc3c(c2)CN(C(=O)C(NC(=O)c2cc4cc(C(F)(F)P(=O)(O)O)ccc4s2)C(C)(C)C)[C@H](C(=O)N2CCC[C@H](c4ccccc4)C2)C3)C(C)(C)C)cc1. The Labute approximate surface area is 529 Å². The van der Waals surface area contributed by atoms with Gasteiger partial charge in [-0.1, -0.05) is 108 Å². The maximum absolute atomic E-state index is 15.3. The summed E-state index contributed by atoms with van der Waals surface area (Å²) in [6.45, 7) is 14.5. The number of amides is 7. The molecule has 7 N–H and O–H groups in total. The van der Waals surface area contributed by atoms with Crippen LogP contribution in [0, 0.1) is 17.8 Å². The van der Waals surface area contributed by atoms with Crippen molar-refractivity contribution in [3.8, 4) is 16.2 Å². The fraction of sp³-hybridized carbons (Fsp3) is 0.446. The molecule has 7 atom stereocenters. The van der Waals surface area contributed by atoms with E-state index in [0.717, 1.165) is 69.1 Å². The summed E-state index contributed by atoms with van der Waals surface area (Å²) in [6.07, 6.45) is 0.543. The van der Waals surface area contributed by atoms with E-state index in [1.165, 1.54) is 21.9 Å². The number of carbonyl (C=O) groups excluding carboxylic acids is 7. The Morgan fingerprint density at radius 1 is 0.800 bits per heavy atom. The Balaban J connectivity index is 0.838. The number of aliphatic hydroxyl groups is 1. The smallest absolute Gasteiger partial charge is 0.399 e. The van der Waals surface area contributed by atoms with Gasteiger partial charge < -0.3 is 55.6 Å². The van der Waals surface area contributed by atoms with Gasteiger partial charge in [-0.3, -0.25) is 38.1 Å². The maximum Gasteiger partial charge on any atom is 0.399 e. The van der Waals surface area contributed by atoms with Crippen molar-refractivity contribution in [3.05, 3.63) is 141 Å². The topological polar surface area (TPSA) is 277 Å². The minimum absolute atomic E-state index is 0.0122. The lowest BCUT2D eigenvalue weighted by Crippen LogP contribution is -2.61. The Bertz CT molecular complexity index is 3720. The van der Waals surface area contributed by atoms with Gasteiger partial charge in [-0.2, -0.15) is 8.78 Å². The number of fused-ring (bicyclic) bond motifs is 2. The number of thiophene rings is 1. The van der Waals surface area contributed by atoms with Gasteiger partial charge in [0.25, 0.3) is 11.8 Å². The van der Waals surface area contributed by atoms with Crippen molar-refractivity contribution in [1.82, 2.24) is 41.0 Å². The molecule has 9 rings (SSSR count). The molecule has 3 aliphatic rings. The zero-order valence-corrected chi connectivity index (χ0v) is 54.0. The lowest BCUT2D eigenvalue weighted by atomic mass is 9.83. The Hall–Kier alpha value is -7.47. The van der Waals surface area contributed by atoms with Crippen molar-refractivity contribution in [2.45, 2.75) is 142 Å². The van der Waals surface area contributed by atoms with E-state index in [9.17, 15) is 57.0 Å². The van der Waals surface area contributed by atoms with Crippen molar-refractivity contribution >= 4 is 81.7 Å². The number of benzene rings is 4. The average Bonchev–Trinajstić information content (AvgIpc) is 1.22. The molecule has 0 saturated carbocycles. The number of rotatable bonds is 19. The van der Waals surface area contributed by atoms with Crippen molar-refractivity contribution < 1.29 is 66.5 Å². The van der Waals surface area contributed by atoms with Crippen LogP contribution in [0.15, 0.2) is 103 Å². The van der Waals surface area contributed by atoms with E-state index in [0.29, 0.717) is 23.4 Å². The minimum Gasteiger partial charge on any atom is -0.484 e. The van der Waals surface area contributed by atoms with Crippen molar-refractivity contribution in [3.63, 3.8) is 0 Å². The molecule has 25 heteroatoms. The van der Waals surface area contributed by atoms with Crippen molar-refractivity contribution in [2.75, 3.05) is 32.8 Å². The number of aryl methyl sites for hydroxylation is 1. The number of halogens is 2. The molecule has 4 aromatic carbocycles. The highest BCUT2D eigenvalue weighted by Crippen LogP contribution is 2.59. The van der Waals surface area contributed by atoms with Crippen molar-refractivity contribution in [2.24, 2.45) is 10.8 Å². The van der Waals surface area contributed by atoms with Crippen LogP contribution in [0.1, 0.15) is 129 Å². The Kier molecular flexibility index (Phi) is 20.2. The summed E-state index contributed by atoms with van der Waals surface area (Å²) in [5.41, 5.74) is -0.162. The number of aliphatic hydroxyl groups excluding tert-OH is 1. The number of nitrogens with zero attached hydrogens (tertiary/aromatic N) is 4. The van der Waals surface area contributed by atoms with E-state index < -0.39 is 108 Å². The lowest BCUT2D eigenvalue weighted by molar-refractivity contribution is -0.150. The molecule has 2 fully saturated rings. The second-order valence-electron chi connectivity index (χ2n) is 25.6. The maximum atomic E-state index is 15.3. The zero-order valence-electron chi connectivity index (χ0n) is 51.5. The number of ether oxygens (including phenoxy) is 1. The fourth-order valence-electron chi connectivity index (χ4n) is 11.8. The molecular weight excluding hydrogens is 1220 g/mol. The van der Waals surface area contributed by atoms with E-state index in [1.54, 1.807) is 81.5 Å². The lowest BCUT2D eigenvalue weighted by Gasteiger charge is -2.43. The summed E-state index contributed by atoms with van der Waals surface area (Å²) in [7, 11) is -5.88. The number of thiazole rings is 1. The summed E-state index contributed by atoms with van der Waals surface area (Å²) in [6, 6.07) is 22.4. The Morgan fingerprint density at radius 3 is 2.16 bits per heavy atom. The summed E-state index contributed by atoms with van der Waals surface area (Å²) < 4.78 is 47.4. The van der Waals surface area contributed by atoms with Gasteiger partial charge >= 0.3 is 13.3 Å². The second-order valence-corrected chi connectivity index (χ2v) is 29.2. The van der Waals surface area contributed by atoms with Crippen LogP contribution in [-0.2, 0) is 52.0 Å². The molecule has 480 valence electrons. The first kappa shape index (κ1) is 66.9. The van der Waals surface area contributed by atoms with E-state index in [-0.39, 0.29) is 66.7 Å². The monoisotopic (exact) mass is 1290 g/mol. The van der Waals surface area contributed by atoms with Crippen molar-refractivity contribution in [1.29, 1.82) is 0 Å². The molecule has 0 radical (unpaired) electrons. The summed E-state index contributed by atoms with van der Waals surface area (Å²) >= 11 is 2.48. The highest BCUT2D eigenvalue weighted by atomic mass is 32.1. The van der Waals surface area contributed by atoms with Gasteiger partial charge in [-0.05, 0) is 101 Å².